The topological polar surface area (TPSA) is 53.9 Å². The van der Waals surface area contributed by atoms with Gasteiger partial charge < -0.3 is 10.2 Å². The molecule has 0 radical (unpaired) electrons. The Labute approximate surface area is 122 Å². The van der Waals surface area contributed by atoms with E-state index in [9.17, 15) is 0 Å². The highest BCUT2D eigenvalue weighted by molar-refractivity contribution is 5.74. The minimum absolute atomic E-state index is 0.685. The molecule has 1 N–H and O–H groups in total. The van der Waals surface area contributed by atoms with E-state index in [1.54, 1.807) is 12.4 Å². The summed E-state index contributed by atoms with van der Waals surface area (Å²) in [6.07, 6.45) is 3.37. The molecule has 4 rings (SSSR count). The number of nitrogens with one attached hydrogen (secondary N) is 1. The fraction of sp³-hybridized carbons (Fsp3) is 0.188. The van der Waals surface area contributed by atoms with Gasteiger partial charge in [-0.05, 0) is 23.8 Å². The van der Waals surface area contributed by atoms with E-state index in [1.807, 2.05) is 12.1 Å². The van der Waals surface area contributed by atoms with Crippen LogP contribution in [0.15, 0.2) is 48.8 Å². The lowest BCUT2D eigenvalue weighted by molar-refractivity contribution is 0.711. The molecule has 5 heteroatoms. The Kier molecular flexibility index (Phi) is 2.97. The molecule has 21 heavy (non-hydrogen) atoms. The van der Waals surface area contributed by atoms with Gasteiger partial charge in [0.05, 0.1) is 0 Å². The molecule has 3 heterocycles. The van der Waals surface area contributed by atoms with Crippen molar-refractivity contribution in [3.63, 3.8) is 0 Å². The van der Waals surface area contributed by atoms with E-state index in [0.29, 0.717) is 5.65 Å². The first-order valence-electron chi connectivity index (χ1n) is 7.06. The van der Waals surface area contributed by atoms with Gasteiger partial charge in [0.1, 0.15) is 11.3 Å². The molecular weight excluding hydrogens is 262 g/mol. The maximum absolute atomic E-state index is 4.66. The van der Waals surface area contributed by atoms with Crippen LogP contribution in [0.5, 0.6) is 0 Å². The van der Waals surface area contributed by atoms with Gasteiger partial charge in [-0.25, -0.2) is 9.97 Å². The number of rotatable bonds is 1. The van der Waals surface area contributed by atoms with Crippen LogP contribution in [-0.2, 0) is 6.54 Å². The average molecular weight is 277 g/mol. The normalized spacial score (nSPS) is 14.8. The second-order valence-electron chi connectivity index (χ2n) is 5.03. The van der Waals surface area contributed by atoms with Crippen molar-refractivity contribution >= 4 is 22.7 Å². The Hall–Kier alpha value is -2.53. The Bertz CT molecular complexity index is 786. The van der Waals surface area contributed by atoms with Crippen LogP contribution in [0.1, 0.15) is 5.56 Å². The van der Waals surface area contributed by atoms with Gasteiger partial charge in [0, 0.05) is 37.7 Å². The molecule has 0 saturated heterocycles. The van der Waals surface area contributed by atoms with Gasteiger partial charge in [0.15, 0.2) is 5.65 Å². The number of hydrogen-bond acceptors (Lipinski definition) is 5. The monoisotopic (exact) mass is 277 g/mol. The van der Waals surface area contributed by atoms with Crippen LogP contribution in [0.4, 0.5) is 11.5 Å². The summed E-state index contributed by atoms with van der Waals surface area (Å²) in [5.41, 5.74) is 4.00. The first kappa shape index (κ1) is 12.2. The zero-order chi connectivity index (χ0) is 14.1. The van der Waals surface area contributed by atoms with E-state index in [0.717, 1.165) is 31.0 Å². The van der Waals surface area contributed by atoms with Crippen LogP contribution in [0, 0.1) is 0 Å². The van der Waals surface area contributed by atoms with E-state index < -0.39 is 0 Å². The smallest absolute Gasteiger partial charge is 0.180 e. The number of para-hydroxylation sites is 1. The lowest BCUT2D eigenvalue weighted by Crippen LogP contribution is -2.25. The Morgan fingerprint density at radius 3 is 2.90 bits per heavy atom. The second kappa shape index (κ2) is 5.10. The zero-order valence-corrected chi connectivity index (χ0v) is 11.5. The second-order valence-corrected chi connectivity index (χ2v) is 5.03. The van der Waals surface area contributed by atoms with Crippen LogP contribution in [0.2, 0.25) is 0 Å². The van der Waals surface area contributed by atoms with Crippen LogP contribution in [-0.4, -0.2) is 28.0 Å². The van der Waals surface area contributed by atoms with Gasteiger partial charge in [-0.1, -0.05) is 18.2 Å². The molecule has 1 aromatic carbocycles. The maximum Gasteiger partial charge on any atom is 0.180 e. The molecule has 0 unspecified atom stereocenters. The minimum atomic E-state index is 0.685. The van der Waals surface area contributed by atoms with Crippen molar-refractivity contribution in [3.8, 4) is 0 Å². The number of anilines is 2. The predicted octanol–water partition coefficient (Wildman–Crippen LogP) is 2.27. The van der Waals surface area contributed by atoms with Crippen molar-refractivity contribution in [2.24, 2.45) is 0 Å². The van der Waals surface area contributed by atoms with Crippen LogP contribution >= 0.6 is 0 Å². The average Bonchev–Trinajstić information content (AvgIpc) is 2.77. The van der Waals surface area contributed by atoms with Crippen molar-refractivity contribution < 1.29 is 0 Å². The number of fused-ring (bicyclic) bond motifs is 2. The van der Waals surface area contributed by atoms with Crippen LogP contribution in [0.3, 0.4) is 0 Å². The van der Waals surface area contributed by atoms with E-state index in [2.05, 4.69) is 49.4 Å². The molecule has 2 aromatic heterocycles. The van der Waals surface area contributed by atoms with Gasteiger partial charge in [0.2, 0.25) is 0 Å². The summed E-state index contributed by atoms with van der Waals surface area (Å²) in [5.74, 6) is 0.916. The predicted molar refractivity (Wildman–Crippen MR) is 82.5 cm³/mol. The molecule has 3 aromatic rings. The molecule has 0 atom stereocenters. The summed E-state index contributed by atoms with van der Waals surface area (Å²) in [7, 11) is 0. The summed E-state index contributed by atoms with van der Waals surface area (Å²) in [4.78, 5) is 15.5. The van der Waals surface area contributed by atoms with Crippen molar-refractivity contribution in [1.82, 2.24) is 20.3 Å². The molecule has 1 aliphatic heterocycles. The number of nitrogens with zero attached hydrogens (tertiary/aromatic N) is 4. The van der Waals surface area contributed by atoms with E-state index in [-0.39, 0.29) is 0 Å². The molecular formula is C16H15N5. The molecule has 0 fully saturated rings. The van der Waals surface area contributed by atoms with Gasteiger partial charge in [0.25, 0.3) is 0 Å². The molecule has 0 bridgehead atoms. The minimum Gasteiger partial charge on any atom is -0.325 e. The van der Waals surface area contributed by atoms with E-state index in [4.69, 9.17) is 0 Å². The molecule has 0 aliphatic carbocycles. The molecule has 104 valence electrons. The molecule has 1 aliphatic rings. The summed E-state index contributed by atoms with van der Waals surface area (Å²) >= 11 is 0. The van der Waals surface area contributed by atoms with Crippen LogP contribution < -0.4 is 10.2 Å². The first-order chi connectivity index (χ1) is 10.4. The highest BCUT2D eigenvalue weighted by atomic mass is 15.2. The Morgan fingerprint density at radius 1 is 1.00 bits per heavy atom. The van der Waals surface area contributed by atoms with Gasteiger partial charge in [-0.3, -0.25) is 4.98 Å². The lowest BCUT2D eigenvalue weighted by atomic mass is 10.1. The van der Waals surface area contributed by atoms with E-state index in [1.165, 1.54) is 11.3 Å². The molecule has 0 saturated carbocycles. The number of aromatic nitrogens is 3. The third kappa shape index (κ3) is 2.21. The van der Waals surface area contributed by atoms with Crippen molar-refractivity contribution in [3.05, 3.63) is 54.4 Å². The Balaban J connectivity index is 1.84. The van der Waals surface area contributed by atoms with Crippen molar-refractivity contribution in [1.29, 1.82) is 0 Å². The van der Waals surface area contributed by atoms with Crippen molar-refractivity contribution in [2.45, 2.75) is 6.54 Å². The van der Waals surface area contributed by atoms with Gasteiger partial charge >= 0.3 is 0 Å². The number of benzene rings is 1. The summed E-state index contributed by atoms with van der Waals surface area (Å²) in [6.45, 7) is 2.70. The largest absolute Gasteiger partial charge is 0.325 e. The fourth-order valence-electron chi connectivity index (χ4n) is 2.69. The van der Waals surface area contributed by atoms with Gasteiger partial charge in [-0.15, -0.1) is 0 Å². The van der Waals surface area contributed by atoms with Crippen molar-refractivity contribution in [2.75, 3.05) is 18.0 Å². The third-order valence-corrected chi connectivity index (χ3v) is 3.70. The summed E-state index contributed by atoms with van der Waals surface area (Å²) in [6, 6.07) is 12.4. The highest BCUT2D eigenvalue weighted by Crippen LogP contribution is 2.29. The standard InChI is InChI=1S/C16H15N5/c1-2-4-14-12(3-1)11-17-9-10-21(14)15-6-5-13-16(20-15)19-8-7-18-13/h1-8,17H,9-11H2. The van der Waals surface area contributed by atoms with Gasteiger partial charge in [-0.2, -0.15) is 0 Å². The maximum atomic E-state index is 4.66. The number of hydrogen-bond donors (Lipinski definition) is 1. The Morgan fingerprint density at radius 2 is 1.90 bits per heavy atom. The zero-order valence-electron chi connectivity index (χ0n) is 11.5. The first-order valence-corrected chi connectivity index (χ1v) is 7.06. The fourth-order valence-corrected chi connectivity index (χ4v) is 2.69. The van der Waals surface area contributed by atoms with Crippen LogP contribution in [0.25, 0.3) is 11.2 Å². The number of pyridine rings is 1. The lowest BCUT2D eigenvalue weighted by Gasteiger charge is -2.23. The third-order valence-electron chi connectivity index (χ3n) is 3.70. The molecule has 5 nitrogen and oxygen atoms in total. The molecule has 0 spiro atoms. The summed E-state index contributed by atoms with van der Waals surface area (Å²) < 4.78 is 0. The molecule has 0 amide bonds. The van der Waals surface area contributed by atoms with E-state index >= 15 is 0 Å². The SMILES string of the molecule is c1ccc2c(c1)CNCCN2c1ccc2nccnc2n1. The summed E-state index contributed by atoms with van der Waals surface area (Å²) in [5, 5.41) is 3.44. The highest BCUT2D eigenvalue weighted by Gasteiger charge is 2.17. The quantitative estimate of drug-likeness (QED) is 0.739.